The number of ether oxygens (including phenoxy) is 2. The topological polar surface area (TPSA) is 52.6 Å². The van der Waals surface area contributed by atoms with E-state index in [9.17, 15) is 9.59 Å². The summed E-state index contributed by atoms with van der Waals surface area (Å²) in [5, 5.41) is 0. The molecule has 116 valence electrons. The van der Waals surface area contributed by atoms with Crippen LogP contribution < -0.4 is 0 Å². The zero-order valence-electron chi connectivity index (χ0n) is 12.8. The minimum Gasteiger partial charge on any atom is -0.466 e. The maximum atomic E-state index is 11.8. The van der Waals surface area contributed by atoms with E-state index in [1.165, 1.54) is 20.0 Å². The fourth-order valence-corrected chi connectivity index (χ4v) is 2.05. The van der Waals surface area contributed by atoms with Gasteiger partial charge in [-0.25, -0.2) is 4.79 Å². The number of hydrogen-bond acceptors (Lipinski definition) is 4. The van der Waals surface area contributed by atoms with Crippen molar-refractivity contribution in [1.82, 2.24) is 0 Å². The van der Waals surface area contributed by atoms with E-state index in [1.54, 1.807) is 24.3 Å². The molecule has 4 heteroatoms. The Kier molecular flexibility index (Phi) is 8.17. The fourth-order valence-electron chi connectivity index (χ4n) is 2.05. The highest BCUT2D eigenvalue weighted by Crippen LogP contribution is 2.20. The van der Waals surface area contributed by atoms with E-state index in [4.69, 9.17) is 9.47 Å². The van der Waals surface area contributed by atoms with Gasteiger partial charge in [-0.2, -0.15) is 0 Å². The molecule has 4 nitrogen and oxygen atoms in total. The van der Waals surface area contributed by atoms with Gasteiger partial charge in [0.1, 0.15) is 0 Å². The third-order valence-electron chi connectivity index (χ3n) is 3.25. The highest BCUT2D eigenvalue weighted by atomic mass is 16.6. The summed E-state index contributed by atoms with van der Waals surface area (Å²) in [6, 6.07) is 8.92. The van der Waals surface area contributed by atoms with E-state index >= 15 is 0 Å². The minimum atomic E-state index is -0.973. The van der Waals surface area contributed by atoms with Gasteiger partial charge < -0.3 is 9.47 Å². The quantitative estimate of drug-likeness (QED) is 0.513. The molecule has 0 fully saturated rings. The summed E-state index contributed by atoms with van der Waals surface area (Å²) in [5.41, 5.74) is 0.628. The van der Waals surface area contributed by atoms with Crippen LogP contribution in [0.2, 0.25) is 0 Å². The number of methoxy groups -OCH3 is 1. The van der Waals surface area contributed by atoms with Crippen LogP contribution in [0.4, 0.5) is 0 Å². The molecule has 0 spiro atoms. The second kappa shape index (κ2) is 9.97. The molecule has 0 aliphatic carbocycles. The average molecular weight is 292 g/mol. The Balaban J connectivity index is 2.50. The molecule has 21 heavy (non-hydrogen) atoms. The molecule has 0 aliphatic heterocycles. The third kappa shape index (κ3) is 6.43. The molecule has 1 aromatic rings. The lowest BCUT2D eigenvalue weighted by atomic mass is 10.1. The number of hydrogen-bond donors (Lipinski definition) is 0. The minimum absolute atomic E-state index is 0.337. The Morgan fingerprint density at radius 2 is 1.71 bits per heavy atom. The largest absolute Gasteiger partial charge is 0.466 e. The third-order valence-corrected chi connectivity index (χ3v) is 3.25. The van der Waals surface area contributed by atoms with Crippen LogP contribution in [0.25, 0.3) is 0 Å². The van der Waals surface area contributed by atoms with Crippen molar-refractivity contribution < 1.29 is 19.1 Å². The van der Waals surface area contributed by atoms with Crippen LogP contribution in [0.5, 0.6) is 0 Å². The summed E-state index contributed by atoms with van der Waals surface area (Å²) >= 11 is 0. The highest BCUT2D eigenvalue weighted by Gasteiger charge is 2.25. The van der Waals surface area contributed by atoms with Gasteiger partial charge in [-0.3, -0.25) is 4.79 Å². The summed E-state index contributed by atoms with van der Waals surface area (Å²) in [5.74, 6) is -0.911. The molecular formula is C17H24O4. The normalized spacial score (nSPS) is 11.7. The van der Waals surface area contributed by atoms with Gasteiger partial charge in [-0.1, -0.05) is 62.9 Å². The van der Waals surface area contributed by atoms with Crippen molar-refractivity contribution in [2.24, 2.45) is 0 Å². The smallest absolute Gasteiger partial charge is 0.351 e. The van der Waals surface area contributed by atoms with E-state index in [2.05, 4.69) is 6.92 Å². The van der Waals surface area contributed by atoms with Gasteiger partial charge in [0.2, 0.25) is 6.10 Å². The van der Waals surface area contributed by atoms with Crippen molar-refractivity contribution in [3.63, 3.8) is 0 Å². The zero-order valence-corrected chi connectivity index (χ0v) is 12.8. The molecule has 1 unspecified atom stereocenters. The monoisotopic (exact) mass is 292 g/mol. The van der Waals surface area contributed by atoms with Gasteiger partial charge in [0.15, 0.2) is 0 Å². The van der Waals surface area contributed by atoms with Crippen LogP contribution in [0.3, 0.4) is 0 Å². The highest BCUT2D eigenvalue weighted by molar-refractivity contribution is 5.80. The molecule has 1 atom stereocenters. The van der Waals surface area contributed by atoms with Crippen LogP contribution in [0.1, 0.15) is 57.1 Å². The lowest BCUT2D eigenvalue weighted by molar-refractivity contribution is -0.166. The average Bonchev–Trinajstić information content (AvgIpc) is 2.52. The first kappa shape index (κ1) is 17.2. The first-order chi connectivity index (χ1) is 10.2. The molecule has 1 rings (SSSR count). The van der Waals surface area contributed by atoms with Crippen molar-refractivity contribution in [3.05, 3.63) is 35.9 Å². The molecule has 0 saturated heterocycles. The van der Waals surface area contributed by atoms with Crippen molar-refractivity contribution in [1.29, 1.82) is 0 Å². The summed E-state index contributed by atoms with van der Waals surface area (Å²) in [6.45, 7) is 2.15. The Morgan fingerprint density at radius 3 is 2.33 bits per heavy atom. The van der Waals surface area contributed by atoms with Crippen LogP contribution >= 0.6 is 0 Å². The zero-order chi connectivity index (χ0) is 15.5. The summed E-state index contributed by atoms with van der Waals surface area (Å²) < 4.78 is 9.99. The second-order valence-electron chi connectivity index (χ2n) is 4.97. The number of carbonyl (C=O) groups excluding carboxylic acids is 2. The Bertz CT molecular complexity index is 428. The van der Waals surface area contributed by atoms with Crippen molar-refractivity contribution in [2.45, 2.75) is 51.6 Å². The molecule has 0 saturated carbocycles. The van der Waals surface area contributed by atoms with Gasteiger partial charge in [0, 0.05) is 12.0 Å². The Hall–Kier alpha value is -1.84. The van der Waals surface area contributed by atoms with Crippen LogP contribution in [-0.2, 0) is 19.1 Å². The van der Waals surface area contributed by atoms with E-state index in [-0.39, 0.29) is 5.97 Å². The number of unbranched alkanes of at least 4 members (excludes halogenated alkanes) is 4. The first-order valence-electron chi connectivity index (χ1n) is 7.51. The van der Waals surface area contributed by atoms with Gasteiger partial charge in [-0.15, -0.1) is 0 Å². The van der Waals surface area contributed by atoms with Gasteiger partial charge in [0.05, 0.1) is 7.11 Å². The van der Waals surface area contributed by atoms with Crippen molar-refractivity contribution in [3.8, 4) is 0 Å². The number of esters is 2. The lowest BCUT2D eigenvalue weighted by Gasteiger charge is -2.16. The SMILES string of the molecule is CCCCCCCC(=O)OC(C(=O)OC)c1ccccc1. The molecule has 0 heterocycles. The van der Waals surface area contributed by atoms with Crippen molar-refractivity contribution >= 4 is 11.9 Å². The number of rotatable bonds is 9. The standard InChI is InChI=1S/C17H24O4/c1-3-4-5-6-10-13-15(18)21-16(17(19)20-2)14-11-8-7-9-12-14/h7-9,11-12,16H,3-6,10,13H2,1-2H3. The second-order valence-corrected chi connectivity index (χ2v) is 4.97. The van der Waals surface area contributed by atoms with E-state index in [0.29, 0.717) is 12.0 Å². The Labute approximate surface area is 126 Å². The fraction of sp³-hybridized carbons (Fsp3) is 0.529. The van der Waals surface area contributed by atoms with E-state index in [0.717, 1.165) is 19.3 Å². The van der Waals surface area contributed by atoms with Gasteiger partial charge in [-0.05, 0) is 6.42 Å². The van der Waals surface area contributed by atoms with Crippen LogP contribution in [-0.4, -0.2) is 19.0 Å². The molecule has 0 amide bonds. The maximum Gasteiger partial charge on any atom is 0.351 e. The van der Waals surface area contributed by atoms with Crippen molar-refractivity contribution in [2.75, 3.05) is 7.11 Å². The molecule has 0 bridgehead atoms. The van der Waals surface area contributed by atoms with Gasteiger partial charge >= 0.3 is 11.9 Å². The predicted molar refractivity (Wildman–Crippen MR) is 80.7 cm³/mol. The lowest BCUT2D eigenvalue weighted by Crippen LogP contribution is -2.21. The predicted octanol–water partition coefficient (Wildman–Crippen LogP) is 3.80. The van der Waals surface area contributed by atoms with Crippen LogP contribution in [0.15, 0.2) is 30.3 Å². The molecule has 0 radical (unpaired) electrons. The molecule has 0 aromatic heterocycles. The Morgan fingerprint density at radius 1 is 1.05 bits per heavy atom. The summed E-state index contributed by atoms with van der Waals surface area (Å²) in [7, 11) is 1.29. The molecular weight excluding hydrogens is 268 g/mol. The summed E-state index contributed by atoms with van der Waals surface area (Å²) in [6.07, 6.45) is 4.65. The molecule has 1 aromatic carbocycles. The van der Waals surface area contributed by atoms with Gasteiger partial charge in [0.25, 0.3) is 0 Å². The maximum absolute atomic E-state index is 11.8. The van der Waals surface area contributed by atoms with Crippen LogP contribution in [0, 0.1) is 0 Å². The van der Waals surface area contributed by atoms with E-state index in [1.807, 2.05) is 6.07 Å². The van der Waals surface area contributed by atoms with E-state index < -0.39 is 12.1 Å². The summed E-state index contributed by atoms with van der Waals surface area (Å²) in [4.78, 5) is 23.6. The first-order valence-corrected chi connectivity index (χ1v) is 7.51. The molecule has 0 N–H and O–H groups in total. The molecule has 0 aliphatic rings. The number of benzene rings is 1. The number of carbonyl (C=O) groups is 2.